The fraction of sp³-hybridized carbons (Fsp3) is 1.00. The van der Waals surface area contributed by atoms with Gasteiger partial charge in [-0.15, -0.1) is 0 Å². The van der Waals surface area contributed by atoms with Crippen LogP contribution in [-0.2, 0) is 10.2 Å². The van der Waals surface area contributed by atoms with Gasteiger partial charge in [0.05, 0.1) is 0 Å². The molecule has 0 spiro atoms. The second-order valence-electron chi connectivity index (χ2n) is 4.17. The Morgan fingerprint density at radius 2 is 1.94 bits per heavy atom. The van der Waals surface area contributed by atoms with E-state index in [1.165, 1.54) is 4.31 Å². The molecule has 2 N–H and O–H groups in total. The first kappa shape index (κ1) is 13.9. The lowest BCUT2D eigenvalue weighted by Crippen LogP contribution is -2.52. The van der Waals surface area contributed by atoms with E-state index >= 15 is 0 Å². The van der Waals surface area contributed by atoms with Crippen LogP contribution in [-0.4, -0.2) is 44.9 Å². The number of hydrogen-bond acceptors (Lipinski definition) is 3. The molecule has 0 bridgehead atoms. The molecule has 16 heavy (non-hydrogen) atoms. The molecule has 1 aliphatic heterocycles. The van der Waals surface area contributed by atoms with Gasteiger partial charge in [-0.25, -0.2) is 0 Å². The van der Waals surface area contributed by atoms with Crippen LogP contribution in [0.5, 0.6) is 0 Å². The molecule has 0 amide bonds. The normalized spacial score (nSPS) is 20.9. The van der Waals surface area contributed by atoms with Crippen molar-refractivity contribution < 1.29 is 8.42 Å². The third-order valence-electron chi connectivity index (χ3n) is 2.86. The molecule has 1 rings (SSSR count). The Morgan fingerprint density at radius 3 is 2.44 bits per heavy atom. The third-order valence-corrected chi connectivity index (χ3v) is 4.54. The predicted octanol–water partition coefficient (Wildman–Crippen LogP) is 0.305. The molecule has 0 radical (unpaired) electrons. The number of nitrogens with one attached hydrogen (secondary N) is 2. The van der Waals surface area contributed by atoms with E-state index in [4.69, 9.17) is 0 Å². The molecule has 0 saturated carbocycles. The monoisotopic (exact) mass is 249 g/mol. The maximum Gasteiger partial charge on any atom is 0.279 e. The summed E-state index contributed by atoms with van der Waals surface area (Å²) in [5.41, 5.74) is 0. The topological polar surface area (TPSA) is 61.4 Å². The van der Waals surface area contributed by atoms with E-state index in [0.29, 0.717) is 13.1 Å². The molecule has 1 fully saturated rings. The van der Waals surface area contributed by atoms with E-state index in [-0.39, 0.29) is 6.04 Å². The fourth-order valence-electron chi connectivity index (χ4n) is 1.86. The van der Waals surface area contributed by atoms with Gasteiger partial charge in [0.1, 0.15) is 0 Å². The summed E-state index contributed by atoms with van der Waals surface area (Å²) in [6.45, 7) is 6.70. The lowest BCUT2D eigenvalue weighted by atomic mass is 10.1. The molecule has 1 aliphatic rings. The summed E-state index contributed by atoms with van der Waals surface area (Å²) >= 11 is 0. The second-order valence-corrected chi connectivity index (χ2v) is 5.87. The van der Waals surface area contributed by atoms with Crippen molar-refractivity contribution >= 4 is 10.2 Å². The zero-order valence-corrected chi connectivity index (χ0v) is 11.0. The van der Waals surface area contributed by atoms with Crippen molar-refractivity contribution in [3.63, 3.8) is 0 Å². The highest BCUT2D eigenvalue weighted by Crippen LogP contribution is 2.06. The van der Waals surface area contributed by atoms with Gasteiger partial charge in [0.15, 0.2) is 0 Å². The van der Waals surface area contributed by atoms with Crippen molar-refractivity contribution in [3.05, 3.63) is 0 Å². The van der Waals surface area contributed by atoms with Crippen LogP contribution in [0.25, 0.3) is 0 Å². The van der Waals surface area contributed by atoms with E-state index in [9.17, 15) is 8.42 Å². The van der Waals surface area contributed by atoms with Crippen LogP contribution in [0.2, 0.25) is 0 Å². The largest absolute Gasteiger partial charge is 0.314 e. The number of nitrogens with zero attached hydrogens (tertiary/aromatic N) is 1. The van der Waals surface area contributed by atoms with Crippen LogP contribution < -0.4 is 10.0 Å². The molecule has 0 aromatic heterocycles. The SMILES string of the molecule is CCCC(CC)NS(=O)(=O)N1CCNCC1. The maximum absolute atomic E-state index is 12.0. The van der Waals surface area contributed by atoms with Gasteiger partial charge >= 0.3 is 0 Å². The van der Waals surface area contributed by atoms with Gasteiger partial charge in [-0.1, -0.05) is 20.3 Å². The summed E-state index contributed by atoms with van der Waals surface area (Å²) in [6.07, 6.45) is 2.75. The second kappa shape index (κ2) is 6.54. The van der Waals surface area contributed by atoms with Gasteiger partial charge in [-0.3, -0.25) is 0 Å². The Bertz CT molecular complexity index is 286. The van der Waals surface area contributed by atoms with Crippen molar-refractivity contribution in [3.8, 4) is 0 Å². The first-order valence-electron chi connectivity index (χ1n) is 6.08. The molecule has 5 nitrogen and oxygen atoms in total. The van der Waals surface area contributed by atoms with Gasteiger partial charge in [0, 0.05) is 32.2 Å². The average Bonchev–Trinajstić information content (AvgIpc) is 2.29. The highest BCUT2D eigenvalue weighted by atomic mass is 32.2. The molecule has 1 saturated heterocycles. The van der Waals surface area contributed by atoms with Gasteiger partial charge in [0.25, 0.3) is 10.2 Å². The van der Waals surface area contributed by atoms with Gasteiger partial charge in [-0.05, 0) is 12.8 Å². The quantitative estimate of drug-likeness (QED) is 0.712. The van der Waals surface area contributed by atoms with Gasteiger partial charge in [0.2, 0.25) is 0 Å². The Balaban J connectivity index is 2.54. The van der Waals surface area contributed by atoms with E-state index in [1.807, 2.05) is 6.92 Å². The zero-order chi connectivity index (χ0) is 12.0. The summed E-state index contributed by atoms with van der Waals surface area (Å²) < 4.78 is 28.3. The van der Waals surface area contributed by atoms with Crippen molar-refractivity contribution in [2.75, 3.05) is 26.2 Å². The molecule has 0 aliphatic carbocycles. The van der Waals surface area contributed by atoms with Crippen molar-refractivity contribution in [2.24, 2.45) is 0 Å². The highest BCUT2D eigenvalue weighted by molar-refractivity contribution is 7.87. The summed E-state index contributed by atoms with van der Waals surface area (Å²) in [5.74, 6) is 0. The van der Waals surface area contributed by atoms with E-state index in [2.05, 4.69) is 17.0 Å². The molecular formula is C10H23N3O2S. The number of piperazine rings is 1. The number of rotatable bonds is 6. The van der Waals surface area contributed by atoms with Crippen LogP contribution in [0.4, 0.5) is 0 Å². The van der Waals surface area contributed by atoms with Crippen LogP contribution in [0.1, 0.15) is 33.1 Å². The van der Waals surface area contributed by atoms with E-state index < -0.39 is 10.2 Å². The Kier molecular flexibility index (Phi) is 5.68. The summed E-state index contributed by atoms with van der Waals surface area (Å²) in [5, 5.41) is 3.15. The molecule has 1 heterocycles. The molecule has 6 heteroatoms. The van der Waals surface area contributed by atoms with Crippen molar-refractivity contribution in [1.29, 1.82) is 0 Å². The summed E-state index contributed by atoms with van der Waals surface area (Å²) in [6, 6.07) is 0.0740. The van der Waals surface area contributed by atoms with E-state index in [1.54, 1.807) is 0 Å². The number of hydrogen-bond donors (Lipinski definition) is 2. The van der Waals surface area contributed by atoms with Crippen LogP contribution in [0, 0.1) is 0 Å². The Hall–Kier alpha value is -0.170. The minimum absolute atomic E-state index is 0.0740. The van der Waals surface area contributed by atoms with Crippen LogP contribution in [0.3, 0.4) is 0 Å². The minimum atomic E-state index is -3.27. The molecule has 0 aromatic carbocycles. The fourth-order valence-corrected chi connectivity index (χ4v) is 3.38. The van der Waals surface area contributed by atoms with Crippen molar-refractivity contribution in [1.82, 2.24) is 14.3 Å². The smallest absolute Gasteiger partial charge is 0.279 e. The summed E-state index contributed by atoms with van der Waals surface area (Å²) in [4.78, 5) is 0. The van der Waals surface area contributed by atoms with Gasteiger partial charge in [-0.2, -0.15) is 17.4 Å². The van der Waals surface area contributed by atoms with Gasteiger partial charge < -0.3 is 5.32 Å². The molecule has 1 atom stereocenters. The summed E-state index contributed by atoms with van der Waals surface area (Å²) in [7, 11) is -3.27. The van der Waals surface area contributed by atoms with Crippen LogP contribution >= 0.6 is 0 Å². The molecule has 0 aromatic rings. The first-order valence-corrected chi connectivity index (χ1v) is 7.52. The minimum Gasteiger partial charge on any atom is -0.314 e. The first-order chi connectivity index (χ1) is 7.60. The Labute approximate surface area is 98.8 Å². The highest BCUT2D eigenvalue weighted by Gasteiger charge is 2.25. The standard InChI is InChI=1S/C10H23N3O2S/c1-3-5-10(4-2)12-16(14,15)13-8-6-11-7-9-13/h10-12H,3-9H2,1-2H3. The lowest BCUT2D eigenvalue weighted by Gasteiger charge is -2.28. The maximum atomic E-state index is 12.0. The third kappa shape index (κ3) is 4.01. The zero-order valence-electron chi connectivity index (χ0n) is 10.2. The lowest BCUT2D eigenvalue weighted by molar-refractivity contribution is 0.349. The predicted molar refractivity (Wildman–Crippen MR) is 65.5 cm³/mol. The molecular weight excluding hydrogens is 226 g/mol. The van der Waals surface area contributed by atoms with Crippen molar-refractivity contribution in [2.45, 2.75) is 39.2 Å². The molecule has 1 unspecified atom stereocenters. The average molecular weight is 249 g/mol. The Morgan fingerprint density at radius 1 is 1.31 bits per heavy atom. The van der Waals surface area contributed by atoms with E-state index in [0.717, 1.165) is 32.4 Å². The van der Waals surface area contributed by atoms with Crippen LogP contribution in [0.15, 0.2) is 0 Å². The molecule has 96 valence electrons.